The molecule has 0 radical (unpaired) electrons. The van der Waals surface area contributed by atoms with Crippen molar-refractivity contribution in [2.24, 2.45) is 5.92 Å². The van der Waals surface area contributed by atoms with E-state index in [4.69, 9.17) is 0 Å². The highest BCUT2D eigenvalue weighted by molar-refractivity contribution is 6.09. The molecule has 1 heterocycles. The van der Waals surface area contributed by atoms with Gasteiger partial charge in [-0.15, -0.1) is 0 Å². The molecule has 1 atom stereocenters. The minimum Gasteiger partial charge on any atom is -0.351 e. The predicted molar refractivity (Wildman–Crippen MR) is 94.6 cm³/mol. The lowest BCUT2D eigenvalue weighted by Gasteiger charge is -2.16. The van der Waals surface area contributed by atoms with Gasteiger partial charge in [0.1, 0.15) is 5.92 Å². The third-order valence-electron chi connectivity index (χ3n) is 4.49. The second-order valence-corrected chi connectivity index (χ2v) is 6.05. The van der Waals surface area contributed by atoms with Crippen molar-refractivity contribution < 1.29 is 9.59 Å². The van der Waals surface area contributed by atoms with Crippen LogP contribution < -0.4 is 10.2 Å². The lowest BCUT2D eigenvalue weighted by Crippen LogP contribution is -2.36. The van der Waals surface area contributed by atoms with E-state index in [-0.39, 0.29) is 11.8 Å². The van der Waals surface area contributed by atoms with Crippen LogP contribution in [-0.2, 0) is 22.6 Å². The first-order valence-corrected chi connectivity index (χ1v) is 8.41. The maximum atomic E-state index is 12.5. The van der Waals surface area contributed by atoms with E-state index < -0.39 is 5.92 Å². The molecule has 0 bridgehead atoms. The van der Waals surface area contributed by atoms with Crippen molar-refractivity contribution >= 4 is 17.5 Å². The van der Waals surface area contributed by atoms with Gasteiger partial charge in [0.25, 0.3) is 0 Å². The highest BCUT2D eigenvalue weighted by Crippen LogP contribution is 2.25. The van der Waals surface area contributed by atoms with Crippen LogP contribution in [0.15, 0.2) is 54.6 Å². The summed E-state index contributed by atoms with van der Waals surface area (Å²) < 4.78 is 0. The van der Waals surface area contributed by atoms with Crippen LogP contribution in [0.3, 0.4) is 0 Å². The van der Waals surface area contributed by atoms with Gasteiger partial charge in [-0.25, -0.2) is 0 Å². The summed E-state index contributed by atoms with van der Waals surface area (Å²) in [5.74, 6) is -0.877. The SMILES string of the molecule is CCc1ccc(CNC(=O)[C@H]2CCN(c3ccccc3)C2=O)cc1. The van der Waals surface area contributed by atoms with Crippen LogP contribution in [0.5, 0.6) is 0 Å². The van der Waals surface area contributed by atoms with Crippen molar-refractivity contribution in [2.45, 2.75) is 26.3 Å². The first-order valence-electron chi connectivity index (χ1n) is 8.41. The minimum absolute atomic E-state index is 0.111. The van der Waals surface area contributed by atoms with E-state index in [0.29, 0.717) is 19.5 Å². The zero-order chi connectivity index (χ0) is 16.9. The lowest BCUT2D eigenvalue weighted by atomic mass is 10.1. The fraction of sp³-hybridized carbons (Fsp3) is 0.300. The van der Waals surface area contributed by atoms with Crippen molar-refractivity contribution in [1.29, 1.82) is 0 Å². The Labute approximate surface area is 142 Å². The standard InChI is InChI=1S/C20H22N2O2/c1-2-15-8-10-16(11-9-15)14-21-19(23)18-12-13-22(20(18)24)17-6-4-3-5-7-17/h3-11,18H,2,12-14H2,1H3,(H,21,23)/t18-/m1/s1. The first-order chi connectivity index (χ1) is 11.7. The van der Waals surface area contributed by atoms with E-state index in [1.165, 1.54) is 5.56 Å². The number of hydrogen-bond acceptors (Lipinski definition) is 2. The van der Waals surface area contributed by atoms with E-state index in [1.54, 1.807) is 4.90 Å². The number of hydrogen-bond donors (Lipinski definition) is 1. The van der Waals surface area contributed by atoms with Crippen molar-refractivity contribution in [3.05, 3.63) is 65.7 Å². The van der Waals surface area contributed by atoms with Crippen LogP contribution in [0, 0.1) is 5.92 Å². The minimum atomic E-state index is -0.583. The summed E-state index contributed by atoms with van der Waals surface area (Å²) in [4.78, 5) is 26.6. The number of amides is 2. The Balaban J connectivity index is 1.58. The van der Waals surface area contributed by atoms with Crippen LogP contribution in [0.4, 0.5) is 5.69 Å². The number of nitrogens with one attached hydrogen (secondary N) is 1. The molecule has 1 N–H and O–H groups in total. The molecule has 0 aromatic heterocycles. The quantitative estimate of drug-likeness (QED) is 0.861. The molecule has 1 aliphatic heterocycles. The van der Waals surface area contributed by atoms with E-state index >= 15 is 0 Å². The van der Waals surface area contributed by atoms with Crippen molar-refractivity contribution in [2.75, 3.05) is 11.4 Å². The van der Waals surface area contributed by atoms with Crippen molar-refractivity contribution in [1.82, 2.24) is 5.32 Å². The molecule has 1 aliphatic rings. The van der Waals surface area contributed by atoms with Crippen LogP contribution in [-0.4, -0.2) is 18.4 Å². The number of nitrogens with zero attached hydrogens (tertiary/aromatic N) is 1. The molecule has 0 unspecified atom stereocenters. The Hall–Kier alpha value is -2.62. The molecule has 2 aromatic carbocycles. The van der Waals surface area contributed by atoms with Gasteiger partial charge < -0.3 is 10.2 Å². The highest BCUT2D eigenvalue weighted by Gasteiger charge is 2.37. The zero-order valence-electron chi connectivity index (χ0n) is 13.9. The monoisotopic (exact) mass is 322 g/mol. The third-order valence-corrected chi connectivity index (χ3v) is 4.49. The highest BCUT2D eigenvalue weighted by atomic mass is 16.2. The van der Waals surface area contributed by atoms with Gasteiger partial charge in [-0.2, -0.15) is 0 Å². The number of carbonyl (C=O) groups excluding carboxylic acids is 2. The smallest absolute Gasteiger partial charge is 0.239 e. The second kappa shape index (κ2) is 7.30. The molecule has 1 saturated heterocycles. The van der Waals surface area contributed by atoms with E-state index in [0.717, 1.165) is 17.7 Å². The molecule has 4 nitrogen and oxygen atoms in total. The second-order valence-electron chi connectivity index (χ2n) is 6.05. The van der Waals surface area contributed by atoms with E-state index in [1.807, 2.05) is 42.5 Å². The Morgan fingerprint density at radius 3 is 2.42 bits per heavy atom. The van der Waals surface area contributed by atoms with Gasteiger partial charge in [0, 0.05) is 18.8 Å². The summed E-state index contributed by atoms with van der Waals surface area (Å²) in [6.45, 7) is 3.16. The summed E-state index contributed by atoms with van der Waals surface area (Å²) in [7, 11) is 0. The van der Waals surface area contributed by atoms with Gasteiger partial charge in [-0.05, 0) is 36.1 Å². The Kier molecular flexibility index (Phi) is 4.94. The fourth-order valence-corrected chi connectivity index (χ4v) is 2.99. The van der Waals surface area contributed by atoms with Gasteiger partial charge in [-0.3, -0.25) is 9.59 Å². The third kappa shape index (κ3) is 3.48. The molecule has 124 valence electrons. The van der Waals surface area contributed by atoms with Crippen LogP contribution in [0.1, 0.15) is 24.5 Å². The number of benzene rings is 2. The summed E-state index contributed by atoms with van der Waals surface area (Å²) in [5, 5.41) is 2.89. The number of rotatable bonds is 5. The Bertz CT molecular complexity index is 710. The zero-order valence-corrected chi connectivity index (χ0v) is 13.9. The molecule has 3 rings (SSSR count). The predicted octanol–water partition coefficient (Wildman–Crippen LogP) is 2.92. The topological polar surface area (TPSA) is 49.4 Å². The normalized spacial score (nSPS) is 17.1. The van der Waals surface area contributed by atoms with Crippen molar-refractivity contribution in [3.8, 4) is 0 Å². The Morgan fingerprint density at radius 2 is 1.75 bits per heavy atom. The maximum Gasteiger partial charge on any atom is 0.239 e. The number of anilines is 1. The first kappa shape index (κ1) is 16.2. The average Bonchev–Trinajstić information content (AvgIpc) is 3.02. The van der Waals surface area contributed by atoms with Crippen LogP contribution in [0.25, 0.3) is 0 Å². The Morgan fingerprint density at radius 1 is 1.08 bits per heavy atom. The van der Waals surface area contributed by atoms with Crippen LogP contribution >= 0.6 is 0 Å². The average molecular weight is 322 g/mol. The summed E-state index contributed by atoms with van der Waals surface area (Å²) in [6.07, 6.45) is 1.56. The molecule has 0 saturated carbocycles. The molecule has 2 amide bonds. The van der Waals surface area contributed by atoms with E-state index in [2.05, 4.69) is 24.4 Å². The van der Waals surface area contributed by atoms with Gasteiger partial charge in [0.2, 0.25) is 11.8 Å². The van der Waals surface area contributed by atoms with E-state index in [9.17, 15) is 9.59 Å². The van der Waals surface area contributed by atoms with Gasteiger partial charge in [0.15, 0.2) is 0 Å². The fourth-order valence-electron chi connectivity index (χ4n) is 2.99. The van der Waals surface area contributed by atoms with Gasteiger partial charge in [0.05, 0.1) is 0 Å². The number of aryl methyl sites for hydroxylation is 1. The molecule has 0 aliphatic carbocycles. The molecule has 0 spiro atoms. The molecule has 4 heteroatoms. The molecule has 2 aromatic rings. The number of carbonyl (C=O) groups is 2. The maximum absolute atomic E-state index is 12.5. The van der Waals surface area contributed by atoms with Crippen molar-refractivity contribution in [3.63, 3.8) is 0 Å². The summed E-state index contributed by atoms with van der Waals surface area (Å²) in [6, 6.07) is 17.7. The molecule has 24 heavy (non-hydrogen) atoms. The molecular formula is C20H22N2O2. The van der Waals surface area contributed by atoms with Gasteiger partial charge in [-0.1, -0.05) is 49.4 Å². The summed E-state index contributed by atoms with van der Waals surface area (Å²) >= 11 is 0. The summed E-state index contributed by atoms with van der Waals surface area (Å²) in [5.41, 5.74) is 3.17. The van der Waals surface area contributed by atoms with Gasteiger partial charge >= 0.3 is 0 Å². The largest absolute Gasteiger partial charge is 0.351 e. The number of para-hydroxylation sites is 1. The molecule has 1 fully saturated rings. The molecular weight excluding hydrogens is 300 g/mol. The lowest BCUT2D eigenvalue weighted by molar-refractivity contribution is -0.132. The van der Waals surface area contributed by atoms with Crippen LogP contribution in [0.2, 0.25) is 0 Å².